The van der Waals surface area contributed by atoms with Gasteiger partial charge in [0.1, 0.15) is 25.4 Å². The van der Waals surface area contributed by atoms with Crippen molar-refractivity contribution in [1.29, 1.82) is 0 Å². The summed E-state index contributed by atoms with van der Waals surface area (Å²) in [5.74, 6) is 1.03. The first-order valence-corrected chi connectivity index (χ1v) is 11.1. The third kappa shape index (κ3) is 4.76. The van der Waals surface area contributed by atoms with E-state index in [0.717, 1.165) is 0 Å². The van der Waals surface area contributed by atoms with E-state index >= 15 is 0 Å². The second kappa shape index (κ2) is 9.63. The molecule has 11 nitrogen and oxygen atoms in total. The minimum absolute atomic E-state index is 0.0405. The molecular formula is C24H24N4O7. The molecule has 35 heavy (non-hydrogen) atoms. The first kappa shape index (κ1) is 22.7. The summed E-state index contributed by atoms with van der Waals surface area (Å²) >= 11 is 0. The molecule has 182 valence electrons. The lowest BCUT2D eigenvalue weighted by Crippen LogP contribution is -2.41. The van der Waals surface area contributed by atoms with Crippen LogP contribution in [0.2, 0.25) is 0 Å². The van der Waals surface area contributed by atoms with E-state index in [4.69, 9.17) is 18.9 Å². The molecule has 0 spiro atoms. The second-order valence-electron chi connectivity index (χ2n) is 8.10. The van der Waals surface area contributed by atoms with Crippen LogP contribution in [0.4, 0.5) is 10.5 Å². The first-order chi connectivity index (χ1) is 17.0. The number of fused-ring (bicyclic) bond motifs is 2. The van der Waals surface area contributed by atoms with Gasteiger partial charge in [-0.25, -0.2) is 9.78 Å². The highest BCUT2D eigenvalue weighted by molar-refractivity contribution is 5.90. The molecule has 5 rings (SSSR count). The molecule has 1 saturated heterocycles. The summed E-state index contributed by atoms with van der Waals surface area (Å²) in [6.07, 6.45) is -0.774. The Balaban J connectivity index is 1.18. The van der Waals surface area contributed by atoms with Crippen LogP contribution in [-0.2, 0) is 16.0 Å². The Morgan fingerprint density at radius 2 is 2.06 bits per heavy atom. The fraction of sp³-hybridized carbons (Fsp3) is 0.333. The molecule has 1 aromatic carbocycles. The van der Waals surface area contributed by atoms with Crippen LogP contribution in [0.3, 0.4) is 0 Å². The van der Waals surface area contributed by atoms with Crippen LogP contribution < -0.4 is 24.4 Å². The van der Waals surface area contributed by atoms with Gasteiger partial charge in [0.15, 0.2) is 11.5 Å². The molecule has 2 aromatic heterocycles. The molecule has 1 fully saturated rings. The van der Waals surface area contributed by atoms with Crippen molar-refractivity contribution in [3.8, 4) is 17.4 Å². The molecule has 2 aliphatic rings. The molecule has 0 aliphatic carbocycles. The Kier molecular flexibility index (Phi) is 6.23. The lowest BCUT2D eigenvalue weighted by Gasteiger charge is -2.21. The van der Waals surface area contributed by atoms with E-state index in [1.807, 2.05) is 0 Å². The number of aliphatic hydroxyl groups is 1. The Bertz CT molecular complexity index is 1270. The fourth-order valence-electron chi connectivity index (χ4n) is 4.01. The van der Waals surface area contributed by atoms with Gasteiger partial charge in [0, 0.05) is 24.8 Å². The molecule has 2 atom stereocenters. The minimum atomic E-state index is -1.32. The molecule has 3 aromatic rings. The summed E-state index contributed by atoms with van der Waals surface area (Å²) in [5.41, 5.74) is 2.46. The maximum Gasteiger partial charge on any atom is 0.414 e. The molecular weight excluding hydrogens is 456 g/mol. The van der Waals surface area contributed by atoms with E-state index in [2.05, 4.69) is 15.3 Å². The van der Waals surface area contributed by atoms with Gasteiger partial charge in [-0.2, -0.15) is 0 Å². The van der Waals surface area contributed by atoms with E-state index in [1.165, 1.54) is 12.0 Å². The van der Waals surface area contributed by atoms with E-state index in [9.17, 15) is 14.7 Å². The van der Waals surface area contributed by atoms with Crippen LogP contribution in [0, 0.1) is 0 Å². The number of hydrogen-bond acceptors (Lipinski definition) is 9. The lowest BCUT2D eigenvalue weighted by atomic mass is 10.1. The Labute approximate surface area is 200 Å². The Morgan fingerprint density at radius 1 is 1.23 bits per heavy atom. The van der Waals surface area contributed by atoms with Gasteiger partial charge in [-0.15, -0.1) is 0 Å². The van der Waals surface area contributed by atoms with E-state index in [1.54, 1.807) is 42.6 Å². The van der Waals surface area contributed by atoms with Crippen LogP contribution >= 0.6 is 0 Å². The third-order valence-corrected chi connectivity index (χ3v) is 5.78. The maximum absolute atomic E-state index is 12.6. The lowest BCUT2D eigenvalue weighted by molar-refractivity contribution is -0.129. The number of cyclic esters (lactones) is 1. The predicted octanol–water partition coefficient (Wildman–Crippen LogP) is 1.45. The molecule has 4 heterocycles. The highest BCUT2D eigenvalue weighted by Gasteiger charge is 2.33. The van der Waals surface area contributed by atoms with Gasteiger partial charge >= 0.3 is 6.09 Å². The number of pyridine rings is 2. The normalized spacial score (nSPS) is 17.7. The molecule has 2 aliphatic heterocycles. The van der Waals surface area contributed by atoms with Crippen molar-refractivity contribution in [2.45, 2.75) is 18.6 Å². The number of hydrogen-bond donors (Lipinski definition) is 2. The summed E-state index contributed by atoms with van der Waals surface area (Å²) < 4.78 is 21.6. The molecule has 0 bridgehead atoms. The van der Waals surface area contributed by atoms with Crippen molar-refractivity contribution in [3.63, 3.8) is 0 Å². The average Bonchev–Trinajstić information content (AvgIpc) is 3.27. The number of carbonyl (C=O) groups is 2. The van der Waals surface area contributed by atoms with E-state index < -0.39 is 24.2 Å². The van der Waals surface area contributed by atoms with Gasteiger partial charge in [-0.1, -0.05) is 0 Å². The number of carbonyl (C=O) groups excluding carboxylic acids is 2. The zero-order chi connectivity index (χ0) is 24.4. The van der Waals surface area contributed by atoms with Crippen molar-refractivity contribution >= 4 is 28.7 Å². The van der Waals surface area contributed by atoms with Crippen LogP contribution in [0.5, 0.6) is 17.4 Å². The molecule has 2 unspecified atom stereocenters. The molecule has 0 radical (unpaired) electrons. The van der Waals surface area contributed by atoms with Gasteiger partial charge in [0.2, 0.25) is 11.8 Å². The summed E-state index contributed by atoms with van der Waals surface area (Å²) in [4.78, 5) is 35.0. The number of rotatable bonds is 7. The van der Waals surface area contributed by atoms with Crippen molar-refractivity contribution in [2.24, 2.45) is 0 Å². The molecule has 0 saturated carbocycles. The summed E-state index contributed by atoms with van der Waals surface area (Å²) in [6.45, 7) is 1.23. The number of anilines is 1. The fourth-order valence-corrected chi connectivity index (χ4v) is 4.01. The van der Waals surface area contributed by atoms with Gasteiger partial charge in [-0.05, 0) is 29.8 Å². The highest BCUT2D eigenvalue weighted by Crippen LogP contribution is 2.35. The van der Waals surface area contributed by atoms with Crippen molar-refractivity contribution in [1.82, 2.24) is 15.3 Å². The second-order valence-corrected chi connectivity index (χ2v) is 8.10. The number of ether oxygens (including phenoxy) is 4. The van der Waals surface area contributed by atoms with Crippen molar-refractivity contribution in [3.05, 3.63) is 48.2 Å². The highest BCUT2D eigenvalue weighted by atomic mass is 16.6. The monoisotopic (exact) mass is 480 g/mol. The van der Waals surface area contributed by atoms with Crippen LogP contribution in [0.25, 0.3) is 11.0 Å². The number of aliphatic hydroxyl groups excluding tert-OH is 1. The van der Waals surface area contributed by atoms with Gasteiger partial charge < -0.3 is 29.4 Å². The van der Waals surface area contributed by atoms with Crippen LogP contribution in [-0.4, -0.2) is 72.7 Å². The third-order valence-electron chi connectivity index (χ3n) is 5.78. The average molecular weight is 480 g/mol. The van der Waals surface area contributed by atoms with Crippen molar-refractivity contribution < 1.29 is 33.6 Å². The maximum atomic E-state index is 12.6. The number of methoxy groups -OCH3 is 1. The Morgan fingerprint density at radius 3 is 2.89 bits per heavy atom. The Hall–Kier alpha value is -4.12. The smallest absolute Gasteiger partial charge is 0.414 e. The zero-order valence-corrected chi connectivity index (χ0v) is 19.0. The number of benzene rings is 1. The van der Waals surface area contributed by atoms with Gasteiger partial charge in [0.05, 0.1) is 36.9 Å². The summed E-state index contributed by atoms with van der Waals surface area (Å²) in [6, 6.07) is 10.4. The SMILES string of the molecule is COc1ccc2nccc(CC(O)C(=O)NCC3CN(c4ccc5c(c4)OCCO5)C(=O)O3)c2n1. The predicted molar refractivity (Wildman–Crippen MR) is 124 cm³/mol. The van der Waals surface area contributed by atoms with Gasteiger partial charge in [-0.3, -0.25) is 14.7 Å². The van der Waals surface area contributed by atoms with Crippen molar-refractivity contribution in [2.75, 3.05) is 38.3 Å². The van der Waals surface area contributed by atoms with Gasteiger partial charge in [0.25, 0.3) is 0 Å². The van der Waals surface area contributed by atoms with E-state index in [-0.39, 0.29) is 19.5 Å². The minimum Gasteiger partial charge on any atom is -0.486 e. The summed E-state index contributed by atoms with van der Waals surface area (Å²) in [7, 11) is 1.51. The quantitative estimate of drug-likeness (QED) is 0.516. The number of amides is 2. The number of nitrogens with one attached hydrogen (secondary N) is 1. The standard InChI is InChI=1S/C24H24N4O7/c1-32-21-5-3-17-22(27-21)14(6-7-25-17)10-18(29)23(30)26-12-16-13-28(24(31)35-16)15-2-4-19-20(11-15)34-9-8-33-19/h2-7,11,16,18,29H,8-10,12-13H2,1H3,(H,26,30). The van der Waals surface area contributed by atoms with Crippen LogP contribution in [0.1, 0.15) is 5.56 Å². The topological polar surface area (TPSA) is 132 Å². The largest absolute Gasteiger partial charge is 0.486 e. The molecule has 2 amide bonds. The molecule has 11 heteroatoms. The number of nitrogens with zero attached hydrogens (tertiary/aromatic N) is 3. The summed E-state index contributed by atoms with van der Waals surface area (Å²) in [5, 5.41) is 13.1. The first-order valence-electron chi connectivity index (χ1n) is 11.1. The van der Waals surface area contributed by atoms with Crippen LogP contribution in [0.15, 0.2) is 42.6 Å². The van der Waals surface area contributed by atoms with E-state index in [0.29, 0.717) is 52.9 Å². The number of aromatic nitrogens is 2. The molecule has 2 N–H and O–H groups in total. The zero-order valence-electron chi connectivity index (χ0n) is 19.0.